The number of nitrogens with zero attached hydrogens (tertiary/aromatic N) is 1. The van der Waals surface area contributed by atoms with E-state index in [2.05, 4.69) is 0 Å². The van der Waals surface area contributed by atoms with Gasteiger partial charge in [-0.15, -0.1) is 0 Å². The number of amides is 1. The van der Waals surface area contributed by atoms with Crippen LogP contribution >= 0.6 is 0 Å². The number of furan rings is 1. The Balaban J connectivity index is 1.54. The van der Waals surface area contributed by atoms with Gasteiger partial charge >= 0.3 is 6.18 Å². The summed E-state index contributed by atoms with van der Waals surface area (Å²) >= 11 is 0. The largest absolute Gasteiger partial charge is 0.493 e. The summed E-state index contributed by atoms with van der Waals surface area (Å²) in [6, 6.07) is 13.2. The van der Waals surface area contributed by atoms with E-state index in [-0.39, 0.29) is 30.7 Å². The van der Waals surface area contributed by atoms with Crippen LogP contribution in [-0.4, -0.2) is 37.2 Å². The third-order valence-electron chi connectivity index (χ3n) is 5.75. The number of methoxy groups -OCH3 is 1. The first kappa shape index (κ1) is 24.7. The molecule has 6 nitrogen and oxygen atoms in total. The van der Waals surface area contributed by atoms with Crippen LogP contribution in [0.5, 0.6) is 11.5 Å². The molecule has 2 heterocycles. The number of carbonyl (C=O) groups excluding carboxylic acids is 1. The van der Waals surface area contributed by atoms with E-state index < -0.39 is 11.7 Å². The van der Waals surface area contributed by atoms with Gasteiger partial charge in [-0.25, -0.2) is 0 Å². The van der Waals surface area contributed by atoms with Gasteiger partial charge in [-0.1, -0.05) is 6.07 Å². The summed E-state index contributed by atoms with van der Waals surface area (Å²) < 4.78 is 61.1. The molecule has 1 amide bonds. The maximum absolute atomic E-state index is 13.3. The maximum atomic E-state index is 13.3. The minimum Gasteiger partial charge on any atom is -0.493 e. The number of halogens is 3. The second-order valence-electron chi connectivity index (χ2n) is 8.25. The Morgan fingerprint density at radius 1 is 1.11 bits per heavy atom. The van der Waals surface area contributed by atoms with Crippen molar-refractivity contribution in [3.05, 3.63) is 83.3 Å². The van der Waals surface area contributed by atoms with Crippen molar-refractivity contribution in [2.45, 2.75) is 38.3 Å². The SMILES string of the molecule is COc1ccc(CN(CC2CCCO2)C(=O)c2ccc(C(F)(F)F)cc2)cc1OCc1ccco1. The zero-order valence-electron chi connectivity index (χ0n) is 19.2. The molecule has 0 radical (unpaired) electrons. The van der Waals surface area contributed by atoms with Crippen molar-refractivity contribution in [2.24, 2.45) is 0 Å². The van der Waals surface area contributed by atoms with Crippen molar-refractivity contribution in [3.8, 4) is 11.5 Å². The van der Waals surface area contributed by atoms with Crippen LogP contribution in [0.2, 0.25) is 0 Å². The summed E-state index contributed by atoms with van der Waals surface area (Å²) in [5.41, 5.74) is 0.158. The predicted molar refractivity (Wildman–Crippen MR) is 121 cm³/mol. The minimum absolute atomic E-state index is 0.124. The van der Waals surface area contributed by atoms with E-state index in [1.165, 1.54) is 19.2 Å². The van der Waals surface area contributed by atoms with Gasteiger partial charge in [0.2, 0.25) is 0 Å². The Kier molecular flexibility index (Phi) is 7.65. The molecule has 0 N–H and O–H groups in total. The highest BCUT2D eigenvalue weighted by molar-refractivity contribution is 5.94. The van der Waals surface area contributed by atoms with E-state index in [1.807, 2.05) is 6.07 Å². The van der Waals surface area contributed by atoms with Gasteiger partial charge in [0, 0.05) is 25.3 Å². The predicted octanol–water partition coefficient (Wildman–Crippen LogP) is 5.71. The standard InChI is InChI=1S/C26H26F3NO5/c1-32-23-11-6-18(14-24(23)35-17-22-5-3-13-34-22)15-30(16-21-4-2-12-33-21)25(31)19-7-9-20(10-8-19)26(27,28)29/h3,5-11,13-14,21H,2,4,12,15-17H2,1H3. The van der Waals surface area contributed by atoms with Gasteiger partial charge in [0.15, 0.2) is 11.5 Å². The molecule has 1 unspecified atom stereocenters. The molecule has 9 heteroatoms. The average molecular weight is 489 g/mol. The summed E-state index contributed by atoms with van der Waals surface area (Å²) in [5, 5.41) is 0. The summed E-state index contributed by atoms with van der Waals surface area (Å²) in [7, 11) is 1.53. The lowest BCUT2D eigenvalue weighted by Crippen LogP contribution is -2.37. The summed E-state index contributed by atoms with van der Waals surface area (Å²) in [4.78, 5) is 14.9. The lowest BCUT2D eigenvalue weighted by atomic mass is 10.1. The van der Waals surface area contributed by atoms with E-state index in [4.69, 9.17) is 18.6 Å². The fourth-order valence-electron chi connectivity index (χ4n) is 3.93. The minimum atomic E-state index is -4.46. The topological polar surface area (TPSA) is 61.1 Å². The van der Waals surface area contributed by atoms with Crippen LogP contribution in [0, 0.1) is 0 Å². The van der Waals surface area contributed by atoms with Crippen molar-refractivity contribution in [1.82, 2.24) is 4.90 Å². The number of rotatable bonds is 9. The highest BCUT2D eigenvalue weighted by Crippen LogP contribution is 2.31. The van der Waals surface area contributed by atoms with Crippen LogP contribution in [0.1, 0.15) is 40.1 Å². The van der Waals surface area contributed by atoms with Gasteiger partial charge in [0.25, 0.3) is 5.91 Å². The van der Waals surface area contributed by atoms with Crippen LogP contribution < -0.4 is 9.47 Å². The van der Waals surface area contributed by atoms with E-state index >= 15 is 0 Å². The first-order valence-corrected chi connectivity index (χ1v) is 11.2. The number of ether oxygens (including phenoxy) is 3. The monoisotopic (exact) mass is 489 g/mol. The molecular weight excluding hydrogens is 463 g/mol. The molecule has 1 saturated heterocycles. The molecule has 2 aromatic carbocycles. The first-order valence-electron chi connectivity index (χ1n) is 11.2. The maximum Gasteiger partial charge on any atom is 0.416 e. The fourth-order valence-corrected chi connectivity index (χ4v) is 3.93. The van der Waals surface area contributed by atoms with Crippen molar-refractivity contribution in [1.29, 1.82) is 0 Å². The smallest absolute Gasteiger partial charge is 0.416 e. The number of alkyl halides is 3. The van der Waals surface area contributed by atoms with Crippen molar-refractivity contribution in [2.75, 3.05) is 20.3 Å². The van der Waals surface area contributed by atoms with Crippen LogP contribution in [-0.2, 0) is 24.1 Å². The fraction of sp³-hybridized carbons (Fsp3) is 0.346. The molecule has 1 aliphatic rings. The Bertz CT molecular complexity index is 1110. The lowest BCUT2D eigenvalue weighted by Gasteiger charge is -2.26. The molecule has 1 atom stereocenters. The summed E-state index contributed by atoms with van der Waals surface area (Å²) in [6.45, 7) is 1.38. The van der Waals surface area contributed by atoms with Gasteiger partial charge in [-0.05, 0) is 66.9 Å². The Morgan fingerprint density at radius 2 is 1.91 bits per heavy atom. The van der Waals surface area contributed by atoms with E-state index in [0.717, 1.165) is 30.5 Å². The summed E-state index contributed by atoms with van der Waals surface area (Å²) in [5.74, 6) is 1.29. The number of hydrogen-bond donors (Lipinski definition) is 0. The Labute approximate surface area is 201 Å². The van der Waals surface area contributed by atoms with Crippen molar-refractivity contribution >= 4 is 5.91 Å². The quantitative estimate of drug-likeness (QED) is 0.386. The van der Waals surface area contributed by atoms with Gasteiger partial charge in [-0.2, -0.15) is 13.2 Å². The molecule has 1 aliphatic heterocycles. The van der Waals surface area contributed by atoms with E-state index in [0.29, 0.717) is 30.4 Å². The normalized spacial score (nSPS) is 15.7. The van der Waals surface area contributed by atoms with Crippen molar-refractivity contribution < 1.29 is 36.6 Å². The first-order chi connectivity index (χ1) is 16.8. The molecule has 186 valence electrons. The van der Waals surface area contributed by atoms with Crippen LogP contribution in [0.4, 0.5) is 13.2 Å². The number of hydrogen-bond acceptors (Lipinski definition) is 5. The van der Waals surface area contributed by atoms with E-state index in [1.54, 1.807) is 35.4 Å². The zero-order valence-corrected chi connectivity index (χ0v) is 19.2. The molecule has 3 aromatic rings. The van der Waals surface area contributed by atoms with Crippen LogP contribution in [0.15, 0.2) is 65.3 Å². The lowest BCUT2D eigenvalue weighted by molar-refractivity contribution is -0.137. The molecule has 0 bridgehead atoms. The molecular formula is C26H26F3NO5. The third kappa shape index (κ3) is 6.36. The highest BCUT2D eigenvalue weighted by atomic mass is 19.4. The van der Waals surface area contributed by atoms with Gasteiger partial charge in [0.1, 0.15) is 12.4 Å². The molecule has 1 fully saturated rings. The zero-order chi connectivity index (χ0) is 24.8. The molecule has 4 rings (SSSR count). The van der Waals surface area contributed by atoms with Crippen LogP contribution in [0.3, 0.4) is 0 Å². The van der Waals surface area contributed by atoms with Gasteiger partial charge < -0.3 is 23.5 Å². The molecule has 0 saturated carbocycles. The van der Waals surface area contributed by atoms with E-state index in [9.17, 15) is 18.0 Å². The Hall–Kier alpha value is -3.46. The molecule has 0 spiro atoms. The second kappa shape index (κ2) is 10.9. The average Bonchev–Trinajstić information content (AvgIpc) is 3.56. The summed E-state index contributed by atoms with van der Waals surface area (Å²) in [6.07, 6.45) is -1.31. The van der Waals surface area contributed by atoms with Crippen molar-refractivity contribution in [3.63, 3.8) is 0 Å². The molecule has 1 aromatic heterocycles. The highest BCUT2D eigenvalue weighted by Gasteiger charge is 2.31. The number of benzene rings is 2. The molecule has 0 aliphatic carbocycles. The number of carbonyl (C=O) groups is 1. The van der Waals surface area contributed by atoms with Gasteiger partial charge in [0.05, 0.1) is 25.0 Å². The molecule has 35 heavy (non-hydrogen) atoms. The Morgan fingerprint density at radius 3 is 2.54 bits per heavy atom. The van der Waals surface area contributed by atoms with Crippen LogP contribution in [0.25, 0.3) is 0 Å². The third-order valence-corrected chi connectivity index (χ3v) is 5.75. The second-order valence-corrected chi connectivity index (χ2v) is 8.25. The van der Waals surface area contributed by atoms with Gasteiger partial charge in [-0.3, -0.25) is 4.79 Å².